The normalized spacial score (nSPS) is 10.2. The van der Waals surface area contributed by atoms with Crippen molar-refractivity contribution in [2.75, 3.05) is 0 Å². The van der Waals surface area contributed by atoms with Crippen molar-refractivity contribution in [3.8, 4) is 11.5 Å². The molecule has 0 saturated carbocycles. The Hall–Kier alpha value is -2.11. The second-order valence-corrected chi connectivity index (χ2v) is 5.24. The van der Waals surface area contributed by atoms with Crippen LogP contribution in [0.15, 0.2) is 42.5 Å². The highest BCUT2D eigenvalue weighted by Gasteiger charge is 2.14. The first-order chi connectivity index (χ1) is 11.0. The number of carbonyl (C=O) groups is 2. The topological polar surface area (TPSA) is 52.6 Å². The van der Waals surface area contributed by atoms with Gasteiger partial charge < -0.3 is 9.47 Å². The number of carbonyl (C=O) groups excluding carboxylic acids is 2. The van der Waals surface area contributed by atoms with Crippen LogP contribution in [0.1, 0.15) is 12.8 Å². The van der Waals surface area contributed by atoms with Gasteiger partial charge in [-0.1, -0.05) is 35.3 Å². The van der Waals surface area contributed by atoms with E-state index in [9.17, 15) is 14.0 Å². The third-order valence-corrected chi connectivity index (χ3v) is 3.50. The minimum absolute atomic E-state index is 0.0706. The molecule has 0 bridgehead atoms. The summed E-state index contributed by atoms with van der Waals surface area (Å²) in [5, 5.41) is 0.368. The van der Waals surface area contributed by atoms with Gasteiger partial charge in [0.05, 0.1) is 17.9 Å². The number of hydrogen-bond donors (Lipinski definition) is 0. The Morgan fingerprint density at radius 2 is 1.61 bits per heavy atom. The zero-order chi connectivity index (χ0) is 16.8. The molecule has 0 atom stereocenters. The summed E-state index contributed by atoms with van der Waals surface area (Å²) in [6, 6.07) is 9.76. The smallest absolute Gasteiger partial charge is 0.311 e. The highest BCUT2D eigenvalue weighted by atomic mass is 35.5. The second kappa shape index (κ2) is 7.94. The van der Waals surface area contributed by atoms with Crippen molar-refractivity contribution in [2.45, 2.75) is 12.8 Å². The molecule has 0 N–H and O–H groups in total. The zero-order valence-corrected chi connectivity index (χ0v) is 13.2. The van der Waals surface area contributed by atoms with Crippen LogP contribution in [0.5, 0.6) is 11.5 Å². The monoisotopic (exact) mass is 356 g/mol. The molecule has 120 valence electrons. The molecule has 0 aromatic heterocycles. The summed E-state index contributed by atoms with van der Waals surface area (Å²) < 4.78 is 22.9. The van der Waals surface area contributed by atoms with Crippen LogP contribution in [-0.2, 0) is 9.59 Å². The first-order valence-corrected chi connectivity index (χ1v) is 7.32. The Balaban J connectivity index is 1.84. The molecular weight excluding hydrogens is 346 g/mol. The summed E-state index contributed by atoms with van der Waals surface area (Å²) >= 11 is 11.7. The summed E-state index contributed by atoms with van der Waals surface area (Å²) in [4.78, 5) is 23.3. The van der Waals surface area contributed by atoms with Crippen molar-refractivity contribution in [3.05, 3.63) is 58.3 Å². The Labute approximate surface area is 141 Å². The lowest BCUT2D eigenvalue weighted by atomic mass is 10.3. The van der Waals surface area contributed by atoms with Gasteiger partial charge in [0.15, 0.2) is 5.75 Å². The van der Waals surface area contributed by atoms with E-state index >= 15 is 0 Å². The summed E-state index contributed by atoms with van der Waals surface area (Å²) in [6.07, 6.45) is -0.426. The lowest BCUT2D eigenvalue weighted by molar-refractivity contribution is -0.140. The fraction of sp³-hybridized carbons (Fsp3) is 0.125. The van der Waals surface area contributed by atoms with Gasteiger partial charge in [0.1, 0.15) is 16.6 Å². The van der Waals surface area contributed by atoms with Gasteiger partial charge >= 0.3 is 11.9 Å². The third kappa shape index (κ3) is 5.23. The van der Waals surface area contributed by atoms with Gasteiger partial charge in [-0.05, 0) is 24.3 Å². The second-order valence-electron chi connectivity index (χ2n) is 4.46. The van der Waals surface area contributed by atoms with Gasteiger partial charge in [-0.3, -0.25) is 9.59 Å². The highest BCUT2D eigenvalue weighted by molar-refractivity contribution is 6.43. The van der Waals surface area contributed by atoms with Gasteiger partial charge in [-0.2, -0.15) is 0 Å². The van der Waals surface area contributed by atoms with Crippen molar-refractivity contribution < 1.29 is 23.5 Å². The predicted octanol–water partition coefficient (Wildman–Crippen LogP) is 4.42. The van der Waals surface area contributed by atoms with Crippen LogP contribution >= 0.6 is 23.2 Å². The van der Waals surface area contributed by atoms with Crippen LogP contribution < -0.4 is 9.47 Å². The molecule has 0 saturated heterocycles. The van der Waals surface area contributed by atoms with E-state index in [0.29, 0.717) is 0 Å². The Kier molecular flexibility index (Phi) is 5.96. The largest absolute Gasteiger partial charge is 0.426 e. The number of rotatable bonds is 5. The summed E-state index contributed by atoms with van der Waals surface area (Å²) in [7, 11) is 0. The van der Waals surface area contributed by atoms with E-state index in [-0.39, 0.29) is 34.4 Å². The van der Waals surface area contributed by atoms with Crippen LogP contribution in [-0.4, -0.2) is 11.9 Å². The standard InChI is InChI=1S/C16H11Cl2FO4/c17-12-5-2-6-13(16(12)18)23-15(21)8-7-14(20)22-11-4-1-3-10(19)9-11/h1-6,9H,7-8H2. The minimum Gasteiger partial charge on any atom is -0.426 e. The van der Waals surface area contributed by atoms with E-state index in [1.165, 1.54) is 24.3 Å². The predicted molar refractivity (Wildman–Crippen MR) is 83.4 cm³/mol. The maximum Gasteiger partial charge on any atom is 0.311 e. The summed E-state index contributed by atoms with van der Waals surface area (Å²) in [5.41, 5.74) is 0. The van der Waals surface area contributed by atoms with E-state index in [4.69, 9.17) is 32.7 Å². The molecule has 4 nitrogen and oxygen atoms in total. The molecular formula is C16H11Cl2FO4. The van der Waals surface area contributed by atoms with Crippen LogP contribution in [0.4, 0.5) is 4.39 Å². The van der Waals surface area contributed by atoms with Crippen molar-refractivity contribution in [1.29, 1.82) is 0 Å². The van der Waals surface area contributed by atoms with E-state index in [0.717, 1.165) is 6.07 Å². The average molecular weight is 357 g/mol. The molecule has 0 amide bonds. The maximum absolute atomic E-state index is 13.0. The van der Waals surface area contributed by atoms with Crippen LogP contribution in [0.25, 0.3) is 0 Å². The number of ether oxygens (including phenoxy) is 2. The van der Waals surface area contributed by atoms with Crippen LogP contribution in [0, 0.1) is 5.82 Å². The first-order valence-electron chi connectivity index (χ1n) is 6.56. The van der Waals surface area contributed by atoms with Crippen LogP contribution in [0.3, 0.4) is 0 Å². The van der Waals surface area contributed by atoms with Crippen LogP contribution in [0.2, 0.25) is 10.0 Å². The minimum atomic E-state index is -0.676. The Morgan fingerprint density at radius 3 is 2.30 bits per heavy atom. The fourth-order valence-electron chi connectivity index (χ4n) is 1.65. The molecule has 23 heavy (non-hydrogen) atoms. The molecule has 2 aromatic rings. The van der Waals surface area contributed by atoms with Gasteiger partial charge in [0.2, 0.25) is 0 Å². The SMILES string of the molecule is O=C(CCC(=O)Oc1cccc(Cl)c1Cl)Oc1cccc(F)c1. The van der Waals surface area contributed by atoms with E-state index < -0.39 is 17.8 Å². The average Bonchev–Trinajstić information content (AvgIpc) is 2.50. The number of hydrogen-bond acceptors (Lipinski definition) is 4. The quantitative estimate of drug-likeness (QED) is 0.587. The van der Waals surface area contributed by atoms with E-state index in [1.807, 2.05) is 0 Å². The molecule has 2 aromatic carbocycles. The highest BCUT2D eigenvalue weighted by Crippen LogP contribution is 2.31. The molecule has 0 heterocycles. The summed E-state index contributed by atoms with van der Waals surface area (Å²) in [6.45, 7) is 0. The number of esters is 2. The zero-order valence-electron chi connectivity index (χ0n) is 11.7. The third-order valence-electron chi connectivity index (χ3n) is 2.70. The molecule has 0 radical (unpaired) electrons. The fourth-order valence-corrected chi connectivity index (χ4v) is 1.98. The van der Waals surface area contributed by atoms with Gasteiger partial charge in [-0.15, -0.1) is 0 Å². The van der Waals surface area contributed by atoms with Gasteiger partial charge in [0, 0.05) is 6.07 Å². The lowest BCUT2D eigenvalue weighted by Crippen LogP contribution is -2.14. The van der Waals surface area contributed by atoms with E-state index in [1.54, 1.807) is 12.1 Å². The molecule has 0 aliphatic heterocycles. The van der Waals surface area contributed by atoms with Gasteiger partial charge in [0.25, 0.3) is 0 Å². The number of halogens is 3. The van der Waals surface area contributed by atoms with Gasteiger partial charge in [-0.25, -0.2) is 4.39 Å². The molecule has 0 spiro atoms. The molecule has 0 fully saturated rings. The van der Waals surface area contributed by atoms with Crippen molar-refractivity contribution in [3.63, 3.8) is 0 Å². The summed E-state index contributed by atoms with van der Waals surface area (Å²) in [5.74, 6) is -1.68. The van der Waals surface area contributed by atoms with E-state index in [2.05, 4.69) is 0 Å². The Bertz CT molecular complexity index is 734. The molecule has 2 rings (SSSR count). The maximum atomic E-state index is 13.0. The number of benzene rings is 2. The van der Waals surface area contributed by atoms with Crippen molar-refractivity contribution in [1.82, 2.24) is 0 Å². The molecule has 0 aliphatic carbocycles. The molecule has 7 heteroatoms. The first kappa shape index (κ1) is 17.2. The lowest BCUT2D eigenvalue weighted by Gasteiger charge is -2.07. The Morgan fingerprint density at radius 1 is 0.957 bits per heavy atom. The molecule has 0 aliphatic rings. The van der Waals surface area contributed by atoms with Crippen molar-refractivity contribution in [2.24, 2.45) is 0 Å². The molecule has 0 unspecified atom stereocenters. The van der Waals surface area contributed by atoms with Crippen molar-refractivity contribution >= 4 is 35.1 Å².